The van der Waals surface area contributed by atoms with Crippen LogP contribution in [0.4, 0.5) is 0 Å². The molecule has 0 saturated heterocycles. The Balaban J connectivity index is 2.86. The molecular formula is C14H19NO4. The summed E-state index contributed by atoms with van der Waals surface area (Å²) >= 11 is 0. The van der Waals surface area contributed by atoms with Gasteiger partial charge in [-0.3, -0.25) is 9.78 Å². The SMILES string of the molecule is CCC(=O)OC(C(=O)OC(C)CC)c1ccccn1. The topological polar surface area (TPSA) is 65.5 Å². The first-order chi connectivity index (χ1) is 9.08. The number of nitrogens with zero attached hydrogens (tertiary/aromatic N) is 1. The minimum atomic E-state index is -1.09. The molecule has 0 saturated carbocycles. The van der Waals surface area contributed by atoms with E-state index in [-0.39, 0.29) is 12.5 Å². The van der Waals surface area contributed by atoms with Gasteiger partial charge in [-0.25, -0.2) is 4.79 Å². The van der Waals surface area contributed by atoms with Crippen LogP contribution in [-0.2, 0) is 19.1 Å². The van der Waals surface area contributed by atoms with E-state index in [0.717, 1.165) is 0 Å². The van der Waals surface area contributed by atoms with Gasteiger partial charge in [-0.05, 0) is 25.5 Å². The van der Waals surface area contributed by atoms with Crippen molar-refractivity contribution in [2.45, 2.75) is 45.8 Å². The molecule has 1 aromatic rings. The molecule has 1 heterocycles. The molecule has 0 aliphatic heterocycles. The van der Waals surface area contributed by atoms with Crippen LogP contribution in [0.5, 0.6) is 0 Å². The molecule has 2 unspecified atom stereocenters. The summed E-state index contributed by atoms with van der Waals surface area (Å²) in [6, 6.07) is 5.08. The molecule has 2 atom stereocenters. The summed E-state index contributed by atoms with van der Waals surface area (Å²) in [4.78, 5) is 27.5. The number of carbonyl (C=O) groups excluding carboxylic acids is 2. The molecule has 0 spiro atoms. The van der Waals surface area contributed by atoms with Gasteiger partial charge in [0.2, 0.25) is 6.10 Å². The van der Waals surface area contributed by atoms with Crippen LogP contribution in [0.1, 0.15) is 45.4 Å². The standard InChI is InChI=1S/C14H19NO4/c1-4-10(3)18-14(17)13(19-12(16)5-2)11-8-6-7-9-15-11/h6-10,13H,4-5H2,1-3H3. The quantitative estimate of drug-likeness (QED) is 0.739. The zero-order chi connectivity index (χ0) is 14.3. The van der Waals surface area contributed by atoms with Crippen LogP contribution in [0, 0.1) is 0 Å². The van der Waals surface area contributed by atoms with Crippen LogP contribution in [0.15, 0.2) is 24.4 Å². The van der Waals surface area contributed by atoms with E-state index in [1.54, 1.807) is 38.2 Å². The van der Waals surface area contributed by atoms with Gasteiger partial charge >= 0.3 is 11.9 Å². The predicted octanol–water partition coefficient (Wildman–Crippen LogP) is 2.42. The van der Waals surface area contributed by atoms with Gasteiger partial charge in [0.15, 0.2) is 0 Å². The third kappa shape index (κ3) is 4.69. The third-order valence-electron chi connectivity index (χ3n) is 2.60. The Kier molecular flexibility index (Phi) is 5.99. The Morgan fingerprint density at radius 2 is 2.00 bits per heavy atom. The van der Waals surface area contributed by atoms with Crippen molar-refractivity contribution in [1.29, 1.82) is 0 Å². The van der Waals surface area contributed by atoms with E-state index in [0.29, 0.717) is 12.1 Å². The number of carbonyl (C=O) groups is 2. The zero-order valence-corrected chi connectivity index (χ0v) is 11.5. The van der Waals surface area contributed by atoms with Crippen molar-refractivity contribution in [2.24, 2.45) is 0 Å². The number of hydrogen-bond donors (Lipinski definition) is 0. The van der Waals surface area contributed by atoms with Crippen molar-refractivity contribution in [3.05, 3.63) is 30.1 Å². The Hall–Kier alpha value is -1.91. The minimum Gasteiger partial charge on any atom is -0.460 e. The molecule has 0 bridgehead atoms. The highest BCUT2D eigenvalue weighted by Crippen LogP contribution is 2.18. The summed E-state index contributed by atoms with van der Waals surface area (Å²) < 4.78 is 10.3. The van der Waals surface area contributed by atoms with Crippen LogP contribution >= 0.6 is 0 Å². The fourth-order valence-electron chi connectivity index (χ4n) is 1.32. The lowest BCUT2D eigenvalue weighted by Gasteiger charge is -2.18. The fraction of sp³-hybridized carbons (Fsp3) is 0.500. The van der Waals surface area contributed by atoms with E-state index in [4.69, 9.17) is 9.47 Å². The van der Waals surface area contributed by atoms with Gasteiger partial charge in [0, 0.05) is 12.6 Å². The zero-order valence-electron chi connectivity index (χ0n) is 11.5. The van der Waals surface area contributed by atoms with E-state index in [2.05, 4.69) is 4.98 Å². The van der Waals surface area contributed by atoms with Gasteiger partial charge < -0.3 is 9.47 Å². The van der Waals surface area contributed by atoms with Crippen molar-refractivity contribution in [1.82, 2.24) is 4.98 Å². The maximum atomic E-state index is 12.0. The molecule has 0 amide bonds. The first-order valence-corrected chi connectivity index (χ1v) is 6.39. The Labute approximate surface area is 112 Å². The first kappa shape index (κ1) is 15.1. The smallest absolute Gasteiger partial charge is 0.354 e. The van der Waals surface area contributed by atoms with Crippen molar-refractivity contribution in [3.63, 3.8) is 0 Å². The summed E-state index contributed by atoms with van der Waals surface area (Å²) in [5.74, 6) is -1.05. The lowest BCUT2D eigenvalue weighted by Crippen LogP contribution is -2.25. The minimum absolute atomic E-state index is 0.194. The molecule has 5 nitrogen and oxygen atoms in total. The molecule has 5 heteroatoms. The maximum absolute atomic E-state index is 12.0. The van der Waals surface area contributed by atoms with Crippen LogP contribution < -0.4 is 0 Å². The Morgan fingerprint density at radius 1 is 1.26 bits per heavy atom. The molecular weight excluding hydrogens is 246 g/mol. The highest BCUT2D eigenvalue weighted by molar-refractivity contribution is 5.80. The summed E-state index contributed by atoms with van der Waals surface area (Å²) in [7, 11) is 0. The average molecular weight is 265 g/mol. The van der Waals surface area contributed by atoms with Crippen LogP contribution in [0.3, 0.4) is 0 Å². The van der Waals surface area contributed by atoms with Gasteiger partial charge in [0.1, 0.15) is 0 Å². The number of aromatic nitrogens is 1. The predicted molar refractivity (Wildman–Crippen MR) is 69.2 cm³/mol. The molecule has 1 aromatic heterocycles. The van der Waals surface area contributed by atoms with Gasteiger partial charge in [0.05, 0.1) is 11.8 Å². The van der Waals surface area contributed by atoms with Crippen LogP contribution in [0.25, 0.3) is 0 Å². The van der Waals surface area contributed by atoms with Crippen LogP contribution in [0.2, 0.25) is 0 Å². The second-order valence-electron chi connectivity index (χ2n) is 4.13. The molecule has 0 aliphatic carbocycles. The van der Waals surface area contributed by atoms with Gasteiger partial charge in [-0.1, -0.05) is 19.9 Å². The molecule has 104 valence electrons. The first-order valence-electron chi connectivity index (χ1n) is 6.39. The number of ether oxygens (including phenoxy) is 2. The average Bonchev–Trinajstić information content (AvgIpc) is 2.44. The summed E-state index contributed by atoms with van der Waals surface area (Å²) in [5.41, 5.74) is 0.373. The van der Waals surface area contributed by atoms with E-state index < -0.39 is 18.0 Å². The fourth-order valence-corrected chi connectivity index (χ4v) is 1.32. The lowest BCUT2D eigenvalue weighted by atomic mass is 10.2. The third-order valence-corrected chi connectivity index (χ3v) is 2.60. The summed E-state index contributed by atoms with van der Waals surface area (Å²) in [5, 5.41) is 0. The highest BCUT2D eigenvalue weighted by atomic mass is 16.6. The van der Waals surface area contributed by atoms with Crippen LogP contribution in [-0.4, -0.2) is 23.0 Å². The number of pyridine rings is 1. The molecule has 0 aromatic carbocycles. The largest absolute Gasteiger partial charge is 0.460 e. The van der Waals surface area contributed by atoms with Crippen molar-refractivity contribution in [3.8, 4) is 0 Å². The monoisotopic (exact) mass is 265 g/mol. The van der Waals surface area contributed by atoms with Crippen molar-refractivity contribution in [2.75, 3.05) is 0 Å². The summed E-state index contributed by atoms with van der Waals surface area (Å²) in [6.45, 7) is 5.36. The molecule has 0 N–H and O–H groups in total. The van der Waals surface area contributed by atoms with Crippen molar-refractivity contribution >= 4 is 11.9 Å². The van der Waals surface area contributed by atoms with Gasteiger partial charge in [-0.15, -0.1) is 0 Å². The van der Waals surface area contributed by atoms with E-state index in [1.807, 2.05) is 6.92 Å². The van der Waals surface area contributed by atoms with Gasteiger partial charge in [0.25, 0.3) is 0 Å². The highest BCUT2D eigenvalue weighted by Gasteiger charge is 2.28. The normalized spacial score (nSPS) is 13.4. The van der Waals surface area contributed by atoms with E-state index in [9.17, 15) is 9.59 Å². The molecule has 1 rings (SSSR count). The second-order valence-corrected chi connectivity index (χ2v) is 4.13. The molecule has 0 aliphatic rings. The Bertz CT molecular complexity index is 419. The second kappa shape index (κ2) is 7.51. The number of hydrogen-bond acceptors (Lipinski definition) is 5. The number of esters is 2. The molecule has 19 heavy (non-hydrogen) atoms. The van der Waals surface area contributed by atoms with E-state index >= 15 is 0 Å². The molecule has 0 radical (unpaired) electrons. The van der Waals surface area contributed by atoms with Crippen molar-refractivity contribution < 1.29 is 19.1 Å². The summed E-state index contributed by atoms with van der Waals surface area (Å²) in [6.07, 6.45) is 1.11. The lowest BCUT2D eigenvalue weighted by molar-refractivity contribution is -0.171. The van der Waals surface area contributed by atoms with E-state index in [1.165, 1.54) is 0 Å². The molecule has 0 fully saturated rings. The maximum Gasteiger partial charge on any atom is 0.354 e. The Morgan fingerprint density at radius 3 is 2.53 bits per heavy atom. The van der Waals surface area contributed by atoms with Gasteiger partial charge in [-0.2, -0.15) is 0 Å². The number of rotatable bonds is 6.